The first-order valence-corrected chi connectivity index (χ1v) is 11.6. The highest BCUT2D eigenvalue weighted by Gasteiger charge is 2.32. The van der Waals surface area contributed by atoms with Crippen molar-refractivity contribution in [3.63, 3.8) is 0 Å². The first-order valence-electron chi connectivity index (χ1n) is 9.38. The van der Waals surface area contributed by atoms with Gasteiger partial charge < -0.3 is 10.2 Å². The molecule has 3 heterocycles. The summed E-state index contributed by atoms with van der Waals surface area (Å²) in [6.45, 7) is 4.44. The number of nitrogens with one attached hydrogen (secondary N) is 1. The van der Waals surface area contributed by atoms with E-state index in [0.29, 0.717) is 35.1 Å². The maximum absolute atomic E-state index is 12.8. The first kappa shape index (κ1) is 19.6. The summed E-state index contributed by atoms with van der Waals surface area (Å²) >= 11 is 1.33. The third kappa shape index (κ3) is 3.43. The predicted octanol–water partition coefficient (Wildman–Crippen LogP) is 3.97. The van der Waals surface area contributed by atoms with Crippen molar-refractivity contribution >= 4 is 43.8 Å². The molecule has 0 unspecified atom stereocenters. The number of thiophene rings is 1. The van der Waals surface area contributed by atoms with E-state index < -0.39 is 15.9 Å². The minimum Gasteiger partial charge on any atom is -0.328 e. The molecule has 9 heteroatoms. The number of fused-ring (bicyclic) bond motifs is 3. The van der Waals surface area contributed by atoms with Gasteiger partial charge in [-0.05, 0) is 50.5 Å². The molecule has 1 amide bonds. The van der Waals surface area contributed by atoms with Crippen molar-refractivity contribution in [3.05, 3.63) is 39.8 Å². The second-order valence-corrected chi connectivity index (χ2v) is 9.98. The Morgan fingerprint density at radius 3 is 2.83 bits per heavy atom. The molecule has 0 bridgehead atoms. The Morgan fingerprint density at radius 1 is 1.28 bits per heavy atom. The van der Waals surface area contributed by atoms with Gasteiger partial charge in [-0.1, -0.05) is 6.42 Å². The number of amides is 1. The minimum atomic E-state index is -3.86. The molecule has 0 atom stereocenters. The number of carbonyl (C=O) groups is 1. The fourth-order valence-corrected chi connectivity index (χ4v) is 5.94. The zero-order valence-electron chi connectivity index (χ0n) is 16.2. The van der Waals surface area contributed by atoms with Crippen molar-refractivity contribution in [2.45, 2.75) is 44.4 Å². The first-order chi connectivity index (χ1) is 13.8. The topological polar surface area (TPSA) is 103 Å². The van der Waals surface area contributed by atoms with E-state index in [4.69, 9.17) is 0 Å². The molecule has 1 N–H and O–H groups in total. The summed E-state index contributed by atoms with van der Waals surface area (Å²) in [7, 11) is -3.86. The largest absolute Gasteiger partial charge is 0.328 e. The van der Waals surface area contributed by atoms with E-state index in [9.17, 15) is 18.5 Å². The smallest absolute Gasteiger partial charge is 0.286 e. The highest BCUT2D eigenvalue weighted by Crippen LogP contribution is 2.36. The van der Waals surface area contributed by atoms with Crippen LogP contribution in [0.3, 0.4) is 0 Å². The van der Waals surface area contributed by atoms with Gasteiger partial charge in [-0.15, -0.1) is 15.7 Å². The molecular weight excluding hydrogens is 408 g/mol. The fraction of sp³-hybridized carbons (Fsp3) is 0.350. The lowest BCUT2D eigenvalue weighted by atomic mass is 10.1. The summed E-state index contributed by atoms with van der Waals surface area (Å²) in [5, 5.41) is 12.6. The number of anilines is 2. The zero-order valence-corrected chi connectivity index (χ0v) is 17.8. The van der Waals surface area contributed by atoms with Crippen molar-refractivity contribution < 1.29 is 13.2 Å². The van der Waals surface area contributed by atoms with E-state index in [1.165, 1.54) is 17.4 Å². The number of sulfonamides is 1. The maximum Gasteiger partial charge on any atom is 0.286 e. The van der Waals surface area contributed by atoms with Crippen LogP contribution < -0.4 is 10.2 Å². The second-order valence-electron chi connectivity index (χ2n) is 7.18. The molecule has 7 nitrogen and oxygen atoms in total. The summed E-state index contributed by atoms with van der Waals surface area (Å²) in [5.41, 5.74) is 2.07. The maximum atomic E-state index is 12.8. The lowest BCUT2D eigenvalue weighted by molar-refractivity contribution is 0.102. The number of hydrogen-bond donors (Lipinski definition) is 1. The van der Waals surface area contributed by atoms with Gasteiger partial charge in [0.25, 0.3) is 15.9 Å². The molecule has 0 aliphatic carbocycles. The van der Waals surface area contributed by atoms with Crippen molar-refractivity contribution in [2.75, 3.05) is 16.8 Å². The van der Waals surface area contributed by atoms with Gasteiger partial charge in [-0.25, -0.2) is 0 Å². The quantitative estimate of drug-likeness (QED) is 0.780. The van der Waals surface area contributed by atoms with Crippen LogP contribution in [0, 0.1) is 25.2 Å². The molecule has 150 valence electrons. The molecule has 1 aromatic heterocycles. The second kappa shape index (κ2) is 7.28. The van der Waals surface area contributed by atoms with Crippen LogP contribution in [-0.4, -0.2) is 26.7 Å². The van der Waals surface area contributed by atoms with Crippen molar-refractivity contribution in [2.24, 2.45) is 4.40 Å². The molecule has 1 aromatic carbocycles. The number of benzene rings is 1. The summed E-state index contributed by atoms with van der Waals surface area (Å²) in [6, 6.07) is 6.80. The summed E-state index contributed by atoms with van der Waals surface area (Å²) in [5.74, 6) is 0.127. The predicted molar refractivity (Wildman–Crippen MR) is 113 cm³/mol. The van der Waals surface area contributed by atoms with Gasteiger partial charge in [0.15, 0.2) is 0 Å². The minimum absolute atomic E-state index is 0.0508. The van der Waals surface area contributed by atoms with E-state index in [1.807, 2.05) is 18.7 Å². The number of carbonyl (C=O) groups excluding carboxylic acids is 1. The molecule has 0 saturated carbocycles. The third-order valence-corrected chi connectivity index (χ3v) is 7.79. The lowest BCUT2D eigenvalue weighted by Crippen LogP contribution is -2.35. The Labute approximate surface area is 173 Å². The summed E-state index contributed by atoms with van der Waals surface area (Å²) < 4.78 is 29.5. The van der Waals surface area contributed by atoms with Gasteiger partial charge >= 0.3 is 0 Å². The zero-order chi connectivity index (χ0) is 20.8. The van der Waals surface area contributed by atoms with Gasteiger partial charge in [0, 0.05) is 23.4 Å². The van der Waals surface area contributed by atoms with E-state index in [2.05, 4.69) is 15.8 Å². The van der Waals surface area contributed by atoms with Gasteiger partial charge in [-0.2, -0.15) is 13.7 Å². The highest BCUT2D eigenvalue weighted by atomic mass is 32.2. The molecule has 4 rings (SSSR count). The fourth-order valence-electron chi connectivity index (χ4n) is 3.65. The van der Waals surface area contributed by atoms with Gasteiger partial charge in [0.2, 0.25) is 0 Å². The van der Waals surface area contributed by atoms with Crippen molar-refractivity contribution in [1.82, 2.24) is 0 Å². The molecule has 1 saturated heterocycles. The van der Waals surface area contributed by atoms with Gasteiger partial charge in [0.05, 0.1) is 11.3 Å². The molecule has 0 spiro atoms. The molecule has 29 heavy (non-hydrogen) atoms. The number of hydrogen-bond acceptors (Lipinski definition) is 6. The Balaban J connectivity index is 1.70. The Kier molecular flexibility index (Phi) is 4.92. The summed E-state index contributed by atoms with van der Waals surface area (Å²) in [4.78, 5) is 15.7. The van der Waals surface area contributed by atoms with Crippen LogP contribution in [0.2, 0.25) is 0 Å². The van der Waals surface area contributed by atoms with Gasteiger partial charge in [-0.3, -0.25) is 4.79 Å². The van der Waals surface area contributed by atoms with Crippen LogP contribution in [-0.2, 0) is 10.0 Å². The average Bonchev–Trinajstić information content (AvgIpc) is 2.84. The Bertz CT molecular complexity index is 1190. The monoisotopic (exact) mass is 428 g/mol. The molecule has 2 aliphatic rings. The normalized spacial score (nSPS) is 17.4. The van der Waals surface area contributed by atoms with E-state index in [0.717, 1.165) is 29.7 Å². The van der Waals surface area contributed by atoms with E-state index in [1.54, 1.807) is 12.1 Å². The number of nitriles is 1. The molecule has 0 radical (unpaired) electrons. The van der Waals surface area contributed by atoms with Crippen LogP contribution in [0.5, 0.6) is 0 Å². The highest BCUT2D eigenvalue weighted by molar-refractivity contribution is 7.90. The van der Waals surface area contributed by atoms with E-state index >= 15 is 0 Å². The number of rotatable bonds is 2. The molecular formula is C20H20N4O3S2. The Hall–Kier alpha value is -2.70. The van der Waals surface area contributed by atoms with Crippen molar-refractivity contribution in [1.29, 1.82) is 5.26 Å². The van der Waals surface area contributed by atoms with E-state index in [-0.39, 0.29) is 10.5 Å². The van der Waals surface area contributed by atoms with Crippen LogP contribution in [0.4, 0.5) is 10.7 Å². The van der Waals surface area contributed by atoms with Crippen LogP contribution in [0.25, 0.3) is 0 Å². The van der Waals surface area contributed by atoms with Gasteiger partial charge in [0.1, 0.15) is 21.8 Å². The molecule has 2 aliphatic heterocycles. The lowest BCUT2D eigenvalue weighted by Gasteiger charge is -2.29. The Morgan fingerprint density at radius 2 is 2.07 bits per heavy atom. The third-order valence-electron chi connectivity index (χ3n) is 5.33. The number of amidine groups is 1. The van der Waals surface area contributed by atoms with Crippen LogP contribution in [0.15, 0.2) is 27.5 Å². The molecule has 2 aromatic rings. The molecule has 1 fully saturated rings. The van der Waals surface area contributed by atoms with Crippen LogP contribution in [0.1, 0.15) is 52.0 Å². The van der Waals surface area contributed by atoms with Crippen molar-refractivity contribution in [3.8, 4) is 6.07 Å². The standard InChI is InChI=1S/C20H20N4O3S2/c1-12-13(2)28-20(15(12)11-21)22-19(25)14-7-8-16-17(10-14)29(26,27)23-18-6-4-3-5-9-24(16)18/h7-8,10H,3-6,9H2,1-2H3,(H,22,25). The average molecular weight is 429 g/mol. The number of nitrogens with zero attached hydrogens (tertiary/aromatic N) is 3. The number of aryl methyl sites for hydroxylation is 1. The summed E-state index contributed by atoms with van der Waals surface area (Å²) in [6.07, 6.45) is 3.55. The SMILES string of the molecule is Cc1sc(NC(=O)c2ccc3c(c2)S(=O)(=O)N=C2CCCCCN23)c(C#N)c1C. The van der Waals surface area contributed by atoms with Crippen LogP contribution >= 0.6 is 11.3 Å².